The summed E-state index contributed by atoms with van der Waals surface area (Å²) in [5.74, 6) is 0.820. The van der Waals surface area contributed by atoms with Crippen molar-refractivity contribution in [2.45, 2.75) is 85.6 Å². The molecule has 2 heteroatoms. The third kappa shape index (κ3) is 7.15. The number of nitrogens with one attached hydrogen (secondary N) is 1. The fourth-order valence-electron chi connectivity index (χ4n) is 3.83. The van der Waals surface area contributed by atoms with Crippen molar-refractivity contribution in [1.82, 2.24) is 10.2 Å². The molecule has 0 aliphatic heterocycles. The van der Waals surface area contributed by atoms with Crippen molar-refractivity contribution >= 4 is 0 Å². The predicted octanol–water partition coefficient (Wildman–Crippen LogP) is 4.69. The summed E-state index contributed by atoms with van der Waals surface area (Å²) in [6.07, 6.45) is 9.74. The lowest BCUT2D eigenvalue weighted by atomic mass is 9.84. The van der Waals surface area contributed by atoms with Gasteiger partial charge in [-0.05, 0) is 50.1 Å². The summed E-state index contributed by atoms with van der Waals surface area (Å²) in [5.41, 5.74) is 0.435. The first-order valence-electron chi connectivity index (χ1n) is 9.45. The van der Waals surface area contributed by atoms with Gasteiger partial charge in [0.15, 0.2) is 0 Å². The molecule has 0 bridgehead atoms. The third-order valence-corrected chi connectivity index (χ3v) is 5.07. The van der Waals surface area contributed by atoms with Crippen LogP contribution in [-0.2, 0) is 0 Å². The van der Waals surface area contributed by atoms with Crippen molar-refractivity contribution in [2.75, 3.05) is 26.2 Å². The number of nitrogens with zero attached hydrogens (tertiary/aromatic N) is 1. The highest BCUT2D eigenvalue weighted by molar-refractivity contribution is 4.85. The first-order valence-corrected chi connectivity index (χ1v) is 9.45. The van der Waals surface area contributed by atoms with Gasteiger partial charge in [0.25, 0.3) is 0 Å². The molecular weight excluding hydrogens is 256 g/mol. The van der Waals surface area contributed by atoms with E-state index in [1.807, 2.05) is 0 Å². The molecule has 1 fully saturated rings. The van der Waals surface area contributed by atoms with Gasteiger partial charge in [0, 0.05) is 19.1 Å². The maximum atomic E-state index is 3.61. The molecule has 21 heavy (non-hydrogen) atoms. The first kappa shape index (κ1) is 19.0. The van der Waals surface area contributed by atoms with Gasteiger partial charge in [-0.25, -0.2) is 0 Å². The zero-order valence-corrected chi connectivity index (χ0v) is 15.4. The second-order valence-corrected chi connectivity index (χ2v) is 7.93. The van der Waals surface area contributed by atoms with Crippen molar-refractivity contribution < 1.29 is 0 Å². The van der Waals surface area contributed by atoms with Crippen LogP contribution in [0.3, 0.4) is 0 Å². The minimum atomic E-state index is 0.435. The Morgan fingerprint density at radius 3 is 2.38 bits per heavy atom. The van der Waals surface area contributed by atoms with Crippen molar-refractivity contribution in [3.05, 3.63) is 0 Å². The molecule has 1 atom stereocenters. The zero-order valence-electron chi connectivity index (χ0n) is 15.4. The van der Waals surface area contributed by atoms with E-state index in [0.717, 1.165) is 18.5 Å². The van der Waals surface area contributed by atoms with Gasteiger partial charge in [0.05, 0.1) is 0 Å². The van der Waals surface area contributed by atoms with E-state index in [4.69, 9.17) is 0 Å². The molecule has 0 aromatic carbocycles. The lowest BCUT2D eigenvalue weighted by Crippen LogP contribution is -2.46. The molecule has 0 radical (unpaired) electrons. The van der Waals surface area contributed by atoms with Gasteiger partial charge >= 0.3 is 0 Å². The van der Waals surface area contributed by atoms with Crippen LogP contribution in [0, 0.1) is 11.3 Å². The number of rotatable bonds is 11. The van der Waals surface area contributed by atoms with E-state index in [1.54, 1.807) is 0 Å². The highest BCUT2D eigenvalue weighted by Crippen LogP contribution is 2.30. The summed E-state index contributed by atoms with van der Waals surface area (Å²) in [6, 6.07) is 0.863. The monoisotopic (exact) mass is 296 g/mol. The van der Waals surface area contributed by atoms with Crippen LogP contribution in [0.5, 0.6) is 0 Å². The maximum absolute atomic E-state index is 3.61. The molecule has 1 aliphatic rings. The van der Waals surface area contributed by atoms with Gasteiger partial charge in [0.2, 0.25) is 0 Å². The van der Waals surface area contributed by atoms with Crippen LogP contribution in [0.15, 0.2) is 0 Å². The van der Waals surface area contributed by atoms with E-state index in [9.17, 15) is 0 Å². The van der Waals surface area contributed by atoms with Crippen molar-refractivity contribution in [3.63, 3.8) is 0 Å². The second kappa shape index (κ2) is 9.84. The SMILES string of the molecule is CCCC(C)(CNCC)CN(CCC(C)C)C1CCCC1. The molecule has 1 unspecified atom stereocenters. The standard InChI is InChI=1S/C19H40N2/c1-6-13-19(5,15-20-7-2)16-21(14-12-17(3)4)18-10-8-9-11-18/h17-18,20H,6-16H2,1-5H3. The zero-order chi connectivity index (χ0) is 15.7. The summed E-state index contributed by atoms with van der Waals surface area (Å²) >= 11 is 0. The summed E-state index contributed by atoms with van der Waals surface area (Å²) in [5, 5.41) is 3.61. The quantitative estimate of drug-likeness (QED) is 0.595. The smallest absolute Gasteiger partial charge is 0.00955 e. The van der Waals surface area contributed by atoms with E-state index in [-0.39, 0.29) is 0 Å². The molecule has 126 valence electrons. The summed E-state index contributed by atoms with van der Waals surface area (Å²) < 4.78 is 0. The average Bonchev–Trinajstić information content (AvgIpc) is 2.95. The molecule has 0 spiro atoms. The van der Waals surface area contributed by atoms with Crippen LogP contribution in [0.1, 0.15) is 79.6 Å². The van der Waals surface area contributed by atoms with Crippen LogP contribution in [-0.4, -0.2) is 37.1 Å². The Morgan fingerprint density at radius 1 is 1.19 bits per heavy atom. The van der Waals surface area contributed by atoms with Crippen LogP contribution >= 0.6 is 0 Å². The van der Waals surface area contributed by atoms with E-state index in [1.165, 1.54) is 64.6 Å². The van der Waals surface area contributed by atoms with E-state index in [2.05, 4.69) is 44.8 Å². The average molecular weight is 297 g/mol. The Morgan fingerprint density at radius 2 is 1.86 bits per heavy atom. The van der Waals surface area contributed by atoms with E-state index in [0.29, 0.717) is 5.41 Å². The Labute approximate surface area is 134 Å². The molecule has 0 heterocycles. The lowest BCUT2D eigenvalue weighted by molar-refractivity contribution is 0.106. The molecule has 1 saturated carbocycles. The van der Waals surface area contributed by atoms with Gasteiger partial charge in [-0.3, -0.25) is 4.90 Å². The lowest BCUT2D eigenvalue weighted by Gasteiger charge is -2.39. The highest BCUT2D eigenvalue weighted by Gasteiger charge is 2.30. The van der Waals surface area contributed by atoms with Gasteiger partial charge in [-0.1, -0.05) is 53.9 Å². The van der Waals surface area contributed by atoms with Gasteiger partial charge in [0.1, 0.15) is 0 Å². The van der Waals surface area contributed by atoms with Crippen molar-refractivity contribution in [2.24, 2.45) is 11.3 Å². The van der Waals surface area contributed by atoms with E-state index < -0.39 is 0 Å². The topological polar surface area (TPSA) is 15.3 Å². The Hall–Kier alpha value is -0.0800. The molecule has 1 N–H and O–H groups in total. The molecule has 0 saturated heterocycles. The fourth-order valence-corrected chi connectivity index (χ4v) is 3.83. The molecule has 1 rings (SSSR count). The minimum Gasteiger partial charge on any atom is -0.316 e. The predicted molar refractivity (Wildman–Crippen MR) is 94.8 cm³/mol. The van der Waals surface area contributed by atoms with Gasteiger partial charge in [-0.2, -0.15) is 0 Å². The Bertz CT molecular complexity index is 258. The Kier molecular flexibility index (Phi) is 8.89. The minimum absolute atomic E-state index is 0.435. The summed E-state index contributed by atoms with van der Waals surface area (Å²) in [6.45, 7) is 16.6. The number of hydrogen-bond donors (Lipinski definition) is 1. The first-order chi connectivity index (χ1) is 10.0. The van der Waals surface area contributed by atoms with Crippen LogP contribution in [0.2, 0.25) is 0 Å². The third-order valence-electron chi connectivity index (χ3n) is 5.07. The normalized spacial score (nSPS) is 19.6. The van der Waals surface area contributed by atoms with Crippen LogP contribution < -0.4 is 5.32 Å². The largest absolute Gasteiger partial charge is 0.316 e. The van der Waals surface area contributed by atoms with Gasteiger partial charge < -0.3 is 5.32 Å². The molecule has 0 aromatic rings. The summed E-state index contributed by atoms with van der Waals surface area (Å²) in [7, 11) is 0. The highest BCUT2D eigenvalue weighted by atomic mass is 15.2. The fraction of sp³-hybridized carbons (Fsp3) is 1.00. The van der Waals surface area contributed by atoms with Gasteiger partial charge in [-0.15, -0.1) is 0 Å². The van der Waals surface area contributed by atoms with Crippen LogP contribution in [0.25, 0.3) is 0 Å². The van der Waals surface area contributed by atoms with E-state index >= 15 is 0 Å². The molecule has 0 aromatic heterocycles. The molecule has 2 nitrogen and oxygen atoms in total. The second-order valence-electron chi connectivity index (χ2n) is 7.93. The summed E-state index contributed by atoms with van der Waals surface area (Å²) in [4.78, 5) is 2.85. The maximum Gasteiger partial charge on any atom is 0.00955 e. The Balaban J connectivity index is 2.65. The molecule has 1 aliphatic carbocycles. The van der Waals surface area contributed by atoms with Crippen molar-refractivity contribution in [3.8, 4) is 0 Å². The molecular formula is C19H40N2. The molecule has 0 amide bonds. The number of hydrogen-bond acceptors (Lipinski definition) is 2. The van der Waals surface area contributed by atoms with Crippen LogP contribution in [0.4, 0.5) is 0 Å². The van der Waals surface area contributed by atoms with Crippen molar-refractivity contribution in [1.29, 1.82) is 0 Å².